The first-order chi connectivity index (χ1) is 34.4. The maximum Gasteiger partial charge on any atom is 0.187 e. The molecule has 0 aliphatic carbocycles. The van der Waals surface area contributed by atoms with Gasteiger partial charge in [-0.3, -0.25) is 0 Å². The topological polar surface area (TPSA) is 455 Å². The van der Waals surface area contributed by atoms with Crippen molar-refractivity contribution in [3.63, 3.8) is 0 Å². The van der Waals surface area contributed by atoms with Gasteiger partial charge in [0, 0.05) is 4.90 Å². The number of rotatable bonds is 17. The molecule has 17 N–H and O–H groups in total. The Morgan fingerprint density at radius 3 is 1.31 bits per heavy atom. The van der Waals surface area contributed by atoms with Crippen LogP contribution in [-0.2, 0) is 56.8 Å². The van der Waals surface area contributed by atoms with Gasteiger partial charge in [-0.2, -0.15) is 0 Å². The van der Waals surface area contributed by atoms with Gasteiger partial charge in [0.25, 0.3) is 0 Å². The van der Waals surface area contributed by atoms with Crippen LogP contribution in [0, 0.1) is 0 Å². The second-order valence-electron chi connectivity index (χ2n) is 18.3. The van der Waals surface area contributed by atoms with Crippen LogP contribution in [0.4, 0.5) is 0 Å². The first-order valence-electron chi connectivity index (χ1n) is 23.2. The first-order valence-corrected chi connectivity index (χ1v) is 24.1. The lowest BCUT2D eigenvalue weighted by molar-refractivity contribution is -0.382. The van der Waals surface area contributed by atoms with Gasteiger partial charge in [-0.15, -0.1) is 11.8 Å². The molecule has 1 unspecified atom stereocenters. The SMILES string of the molecule is OC[C@H]1O[C@H](O[C@H]2[C@@H]3OC[C@H]2O[C@H](O[C@H]2[C@H](O)[C@@H](O)[C@@H](O[C@H]4[C@@H](Sc5ccccc5)[C@H](O)[C@@H](O[C@H]5[C@H](O)[C@@H](O)[C@@H](O[C@H]6[C@H](O)[C@@H](O)C(O)O[C@@H]6CO)O[C@@H]5CO)O[C@@H]4CO)O[C@@H]2CO)[C@@H]3O)[C@H](O)[C@@H](O)[C@@H]1O. The fourth-order valence-corrected chi connectivity index (χ4v) is 10.9. The van der Waals surface area contributed by atoms with Crippen molar-refractivity contribution < 1.29 is 144 Å². The standard InChI is InChI=1S/C42H64O29S/c43-6-13-19(48)20(49)25(54)38(62-13)70-33-18-11-60-35(33)28(57)41(66-18)68-31-15(8-45)64-40(27(56)23(31)52)71-34-17(10-47)65-42(29(58)36(34)72-12-4-2-1-3-5-12)69-32-16(9-46)63-39(26(55)22(32)51)67-30-14(7-44)61-37(59)24(53)21(30)50/h1-5,13-59H,6-11H2/t13-,14-,15-,16-,17-,18-,19-,20+,21-,22-,23-,24-,25-,26-,27-,28-,29+,30-,31-,32-,33-,34-,35-,36+,37?,38-,39-,40-,41-,42-/m1/s1. The van der Waals surface area contributed by atoms with E-state index in [1.807, 2.05) is 0 Å². The molecule has 29 nitrogen and oxygen atoms in total. The number of hydrogen-bond donors (Lipinski definition) is 17. The maximum atomic E-state index is 12.0. The zero-order valence-electron chi connectivity index (χ0n) is 37.9. The molecule has 7 aliphatic heterocycles. The summed E-state index contributed by atoms with van der Waals surface area (Å²) in [7, 11) is 0. The second-order valence-corrected chi connectivity index (χ2v) is 19.5. The highest BCUT2D eigenvalue weighted by Gasteiger charge is 2.59. The summed E-state index contributed by atoms with van der Waals surface area (Å²) < 4.78 is 69.2. The van der Waals surface area contributed by atoms with Crippen molar-refractivity contribution in [2.75, 3.05) is 39.6 Å². The second kappa shape index (κ2) is 24.4. The Hall–Kier alpha value is -1.59. The molecule has 0 radical (unpaired) electrons. The summed E-state index contributed by atoms with van der Waals surface area (Å²) in [5, 5.41) is 180. The lowest BCUT2D eigenvalue weighted by atomic mass is 9.96. The summed E-state index contributed by atoms with van der Waals surface area (Å²) in [6.07, 6.45) is -48.3. The average molecular weight is 1070 g/mol. The molecule has 0 saturated carbocycles. The van der Waals surface area contributed by atoms with Gasteiger partial charge in [0.05, 0.1) is 44.9 Å². The third-order valence-electron chi connectivity index (χ3n) is 13.7. The van der Waals surface area contributed by atoms with E-state index in [0.29, 0.717) is 4.90 Å². The van der Waals surface area contributed by atoms with Gasteiger partial charge >= 0.3 is 0 Å². The van der Waals surface area contributed by atoms with E-state index in [2.05, 4.69) is 0 Å². The average Bonchev–Trinajstić information content (AvgIpc) is 3.69. The molecule has 7 heterocycles. The Balaban J connectivity index is 0.940. The van der Waals surface area contributed by atoms with Gasteiger partial charge in [-0.25, -0.2) is 0 Å². The summed E-state index contributed by atoms with van der Waals surface area (Å²) in [4.78, 5) is 0.529. The fourth-order valence-electron chi connectivity index (χ4n) is 9.67. The zero-order valence-corrected chi connectivity index (χ0v) is 38.7. The fraction of sp³-hybridized carbons (Fsp3) is 0.857. The zero-order chi connectivity index (χ0) is 51.9. The number of aliphatic hydroxyl groups excluding tert-OH is 17. The summed E-state index contributed by atoms with van der Waals surface area (Å²) in [6.45, 7) is -4.41. The van der Waals surface area contributed by atoms with Crippen LogP contribution in [0.3, 0.4) is 0 Å². The van der Waals surface area contributed by atoms with Gasteiger partial charge < -0.3 is 144 Å². The van der Waals surface area contributed by atoms with Gasteiger partial charge in [-0.1, -0.05) is 18.2 Å². The van der Waals surface area contributed by atoms with Crippen molar-refractivity contribution in [1.29, 1.82) is 0 Å². The number of fused-ring (bicyclic) bond motifs is 2. The van der Waals surface area contributed by atoms with Crippen molar-refractivity contribution in [2.45, 2.75) is 188 Å². The molecule has 1 aromatic rings. The summed E-state index contributed by atoms with van der Waals surface area (Å²) in [5.41, 5.74) is 0. The van der Waals surface area contributed by atoms with Crippen LogP contribution in [0.15, 0.2) is 35.2 Å². The van der Waals surface area contributed by atoms with Crippen molar-refractivity contribution in [3.8, 4) is 0 Å². The van der Waals surface area contributed by atoms with Crippen LogP contribution >= 0.6 is 11.8 Å². The lowest BCUT2D eigenvalue weighted by Gasteiger charge is -2.50. The Labute approximate surface area is 413 Å². The Bertz CT molecular complexity index is 1830. The van der Waals surface area contributed by atoms with Crippen molar-refractivity contribution in [3.05, 3.63) is 30.3 Å². The normalized spacial score (nSPS) is 51.0. The van der Waals surface area contributed by atoms with E-state index >= 15 is 0 Å². The molecule has 2 bridgehead atoms. The molecular weight excluding hydrogens is 1000 g/mol. The molecule has 1 aromatic carbocycles. The molecule has 0 spiro atoms. The van der Waals surface area contributed by atoms with E-state index in [0.717, 1.165) is 11.8 Å². The van der Waals surface area contributed by atoms with Crippen LogP contribution in [0.2, 0.25) is 0 Å². The third-order valence-corrected chi connectivity index (χ3v) is 15.0. The van der Waals surface area contributed by atoms with Crippen LogP contribution < -0.4 is 0 Å². The predicted octanol–water partition coefficient (Wildman–Crippen LogP) is -10.3. The molecule has 0 amide bonds. The Kier molecular flexibility index (Phi) is 19.2. The van der Waals surface area contributed by atoms with Crippen molar-refractivity contribution >= 4 is 11.8 Å². The molecule has 7 aliphatic rings. The minimum atomic E-state index is -2.04. The molecule has 0 aromatic heterocycles. The molecule has 7 fully saturated rings. The summed E-state index contributed by atoms with van der Waals surface area (Å²) in [5.74, 6) is 0. The van der Waals surface area contributed by atoms with Crippen molar-refractivity contribution in [2.24, 2.45) is 0 Å². The lowest BCUT2D eigenvalue weighted by Crippen LogP contribution is -2.67. The van der Waals surface area contributed by atoms with E-state index in [9.17, 15) is 86.8 Å². The molecule has 8 rings (SSSR count). The molecule has 412 valence electrons. The number of benzene rings is 1. The molecule has 7 saturated heterocycles. The van der Waals surface area contributed by atoms with Crippen LogP contribution in [0.25, 0.3) is 0 Å². The number of ether oxygens (including phenoxy) is 12. The highest BCUT2D eigenvalue weighted by atomic mass is 32.2. The van der Waals surface area contributed by atoms with E-state index in [1.54, 1.807) is 30.3 Å². The largest absolute Gasteiger partial charge is 0.394 e. The highest BCUT2D eigenvalue weighted by Crippen LogP contribution is 2.42. The quantitative estimate of drug-likeness (QED) is 0.0689. The van der Waals surface area contributed by atoms with E-state index in [1.165, 1.54) is 0 Å². The number of thioether (sulfide) groups is 1. The van der Waals surface area contributed by atoms with Gasteiger partial charge in [0.15, 0.2) is 37.7 Å². The van der Waals surface area contributed by atoms with Crippen LogP contribution in [-0.4, -0.2) is 310 Å². The number of aliphatic hydroxyl groups is 17. The van der Waals surface area contributed by atoms with E-state index in [-0.39, 0.29) is 6.61 Å². The van der Waals surface area contributed by atoms with Gasteiger partial charge in [0.1, 0.15) is 140 Å². The van der Waals surface area contributed by atoms with Crippen LogP contribution in [0.5, 0.6) is 0 Å². The molecule has 72 heavy (non-hydrogen) atoms. The van der Waals surface area contributed by atoms with Gasteiger partial charge in [0.2, 0.25) is 0 Å². The minimum Gasteiger partial charge on any atom is -0.394 e. The molecule has 30 heteroatoms. The first kappa shape index (κ1) is 56.6. The van der Waals surface area contributed by atoms with Crippen LogP contribution in [0.1, 0.15) is 0 Å². The Morgan fingerprint density at radius 1 is 0.389 bits per heavy atom. The summed E-state index contributed by atoms with van der Waals surface area (Å²) in [6, 6.07) is 8.42. The monoisotopic (exact) mass is 1060 g/mol. The Morgan fingerprint density at radius 2 is 0.792 bits per heavy atom. The summed E-state index contributed by atoms with van der Waals surface area (Å²) >= 11 is 0.987. The minimum absolute atomic E-state index is 0.187. The van der Waals surface area contributed by atoms with Gasteiger partial charge in [-0.05, 0) is 12.1 Å². The van der Waals surface area contributed by atoms with E-state index < -0.39 is 216 Å². The number of hydrogen-bond acceptors (Lipinski definition) is 30. The highest BCUT2D eigenvalue weighted by molar-refractivity contribution is 8.00. The smallest absolute Gasteiger partial charge is 0.187 e. The van der Waals surface area contributed by atoms with Crippen molar-refractivity contribution in [1.82, 2.24) is 0 Å². The third kappa shape index (κ3) is 11.4. The molecular formula is C42H64O29S. The molecule has 30 atom stereocenters. The van der Waals surface area contributed by atoms with E-state index in [4.69, 9.17) is 56.8 Å². The maximum absolute atomic E-state index is 12.0. The predicted molar refractivity (Wildman–Crippen MR) is 226 cm³/mol.